The van der Waals surface area contributed by atoms with Crippen LogP contribution in [0.25, 0.3) is 0 Å². The maximum absolute atomic E-state index is 13.7. The molecule has 1 heterocycles. The van der Waals surface area contributed by atoms with E-state index in [-0.39, 0.29) is 17.8 Å². The lowest BCUT2D eigenvalue weighted by atomic mass is 9.92. The van der Waals surface area contributed by atoms with E-state index in [1.807, 2.05) is 6.92 Å². The second-order valence-electron chi connectivity index (χ2n) is 5.39. The maximum atomic E-state index is 13.7. The van der Waals surface area contributed by atoms with Crippen molar-refractivity contribution in [1.82, 2.24) is 4.90 Å². The molecule has 2 rings (SSSR count). The van der Waals surface area contributed by atoms with E-state index < -0.39 is 17.7 Å². The molecule has 1 saturated heterocycles. The number of carbonyl (C=O) groups is 2. The van der Waals surface area contributed by atoms with Gasteiger partial charge in [0.2, 0.25) is 0 Å². The van der Waals surface area contributed by atoms with Crippen LogP contribution < -0.4 is 4.90 Å². The van der Waals surface area contributed by atoms with Gasteiger partial charge in [0.05, 0.1) is 11.6 Å². The van der Waals surface area contributed by atoms with Gasteiger partial charge in [-0.1, -0.05) is 12.1 Å². The van der Waals surface area contributed by atoms with Crippen LogP contribution >= 0.6 is 0 Å². The van der Waals surface area contributed by atoms with E-state index >= 15 is 0 Å². The van der Waals surface area contributed by atoms with E-state index in [1.165, 1.54) is 18.0 Å². The van der Waals surface area contributed by atoms with Gasteiger partial charge in [0.15, 0.2) is 0 Å². The van der Waals surface area contributed by atoms with Gasteiger partial charge in [-0.05, 0) is 31.9 Å². The van der Waals surface area contributed by atoms with Crippen LogP contribution in [0.4, 0.5) is 14.9 Å². The van der Waals surface area contributed by atoms with Crippen LogP contribution in [0.1, 0.15) is 19.8 Å². The highest BCUT2D eigenvalue weighted by atomic mass is 19.1. The predicted molar refractivity (Wildman–Crippen MR) is 76.7 cm³/mol. The monoisotopic (exact) mass is 294 g/mol. The number of carboxylic acid groups (broad SMARTS) is 1. The number of carbonyl (C=O) groups excluding carboxylic acids is 1. The van der Waals surface area contributed by atoms with Gasteiger partial charge < -0.3 is 10.0 Å². The van der Waals surface area contributed by atoms with Crippen molar-refractivity contribution in [2.75, 3.05) is 18.5 Å². The van der Waals surface area contributed by atoms with Crippen molar-refractivity contribution in [3.63, 3.8) is 0 Å². The first-order valence-electron chi connectivity index (χ1n) is 6.93. The summed E-state index contributed by atoms with van der Waals surface area (Å²) in [6.45, 7) is 2.19. The normalized spacial score (nSPS) is 22.0. The number of carboxylic acids is 1. The molecule has 1 aliphatic heterocycles. The fraction of sp³-hybridized carbons (Fsp3) is 0.467. The third kappa shape index (κ3) is 3.15. The zero-order chi connectivity index (χ0) is 15.6. The molecule has 114 valence electrons. The minimum absolute atomic E-state index is 0.179. The molecule has 2 amide bonds. The fourth-order valence-electron chi connectivity index (χ4n) is 2.70. The van der Waals surface area contributed by atoms with Gasteiger partial charge in [0.1, 0.15) is 5.82 Å². The first kappa shape index (κ1) is 15.3. The molecule has 2 unspecified atom stereocenters. The van der Waals surface area contributed by atoms with E-state index in [2.05, 4.69) is 0 Å². The van der Waals surface area contributed by atoms with Crippen molar-refractivity contribution >= 4 is 17.7 Å². The molecule has 0 aromatic heterocycles. The van der Waals surface area contributed by atoms with Crippen molar-refractivity contribution in [1.29, 1.82) is 0 Å². The van der Waals surface area contributed by atoms with Gasteiger partial charge in [0, 0.05) is 19.6 Å². The molecule has 0 saturated carbocycles. The lowest BCUT2D eigenvalue weighted by molar-refractivity contribution is -0.143. The van der Waals surface area contributed by atoms with Gasteiger partial charge in [-0.2, -0.15) is 0 Å². The molecule has 0 bridgehead atoms. The molecular weight excluding hydrogens is 275 g/mol. The number of amides is 2. The summed E-state index contributed by atoms with van der Waals surface area (Å²) in [5.74, 6) is -1.69. The summed E-state index contributed by atoms with van der Waals surface area (Å²) in [4.78, 5) is 26.4. The summed E-state index contributed by atoms with van der Waals surface area (Å²) < 4.78 is 13.7. The van der Waals surface area contributed by atoms with Crippen molar-refractivity contribution in [2.45, 2.75) is 25.8 Å². The predicted octanol–water partition coefficient (Wildman–Crippen LogP) is 2.57. The summed E-state index contributed by atoms with van der Waals surface area (Å²) in [5.41, 5.74) is 0.218. The Morgan fingerprint density at radius 1 is 1.38 bits per heavy atom. The van der Waals surface area contributed by atoms with Gasteiger partial charge >= 0.3 is 12.0 Å². The van der Waals surface area contributed by atoms with Crippen molar-refractivity contribution in [2.24, 2.45) is 5.92 Å². The number of hydrogen-bond donors (Lipinski definition) is 1. The number of rotatable bonds is 2. The number of anilines is 1. The highest BCUT2D eigenvalue weighted by Gasteiger charge is 2.34. The van der Waals surface area contributed by atoms with Crippen molar-refractivity contribution in [3.8, 4) is 0 Å². The highest BCUT2D eigenvalue weighted by molar-refractivity contribution is 5.92. The summed E-state index contributed by atoms with van der Waals surface area (Å²) in [7, 11) is 1.52. The fourth-order valence-corrected chi connectivity index (χ4v) is 2.70. The lowest BCUT2D eigenvalue weighted by Crippen LogP contribution is -2.50. The van der Waals surface area contributed by atoms with Crippen LogP contribution in [0.3, 0.4) is 0 Å². The summed E-state index contributed by atoms with van der Waals surface area (Å²) in [6.07, 6.45) is 0.850. The maximum Gasteiger partial charge on any atom is 0.324 e. The Kier molecular flexibility index (Phi) is 4.45. The summed E-state index contributed by atoms with van der Waals surface area (Å²) in [5, 5.41) is 9.04. The zero-order valence-electron chi connectivity index (χ0n) is 12.1. The summed E-state index contributed by atoms with van der Waals surface area (Å²) in [6, 6.07) is 5.60. The molecule has 2 atom stereocenters. The molecule has 21 heavy (non-hydrogen) atoms. The standard InChI is InChI=1S/C15H19FN2O3/c1-10-9-11(14(19)20)7-8-18(10)15(21)17(2)13-6-4-3-5-12(13)16/h3-6,10-11H,7-9H2,1-2H3,(H,19,20). The van der Waals surface area contributed by atoms with Gasteiger partial charge in [0.25, 0.3) is 0 Å². The number of aliphatic carboxylic acids is 1. The molecular formula is C15H19FN2O3. The van der Waals surface area contributed by atoms with Crippen LogP contribution in [-0.4, -0.2) is 41.6 Å². The average molecular weight is 294 g/mol. The van der Waals surface area contributed by atoms with E-state index in [0.29, 0.717) is 19.4 Å². The van der Waals surface area contributed by atoms with Gasteiger partial charge in [-0.3, -0.25) is 9.69 Å². The lowest BCUT2D eigenvalue weighted by Gasteiger charge is -2.38. The Bertz CT molecular complexity index is 549. The topological polar surface area (TPSA) is 60.9 Å². The Morgan fingerprint density at radius 3 is 2.62 bits per heavy atom. The minimum atomic E-state index is -0.823. The second kappa shape index (κ2) is 6.11. The molecule has 0 radical (unpaired) electrons. The number of hydrogen-bond acceptors (Lipinski definition) is 2. The average Bonchev–Trinajstić information content (AvgIpc) is 2.46. The van der Waals surface area contributed by atoms with Crippen molar-refractivity contribution in [3.05, 3.63) is 30.1 Å². The SMILES string of the molecule is CC1CC(C(=O)O)CCN1C(=O)N(C)c1ccccc1F. The smallest absolute Gasteiger partial charge is 0.324 e. The van der Waals surface area contributed by atoms with Crippen LogP contribution in [0.5, 0.6) is 0 Å². The molecule has 5 nitrogen and oxygen atoms in total. The molecule has 0 spiro atoms. The van der Waals surface area contributed by atoms with E-state index in [4.69, 9.17) is 5.11 Å². The number of nitrogens with zero attached hydrogens (tertiary/aromatic N) is 2. The number of likely N-dealkylation sites (tertiary alicyclic amines) is 1. The number of benzene rings is 1. The van der Waals surface area contributed by atoms with Gasteiger partial charge in [-0.25, -0.2) is 9.18 Å². The van der Waals surface area contributed by atoms with Gasteiger partial charge in [-0.15, -0.1) is 0 Å². The summed E-state index contributed by atoms with van der Waals surface area (Å²) >= 11 is 0. The third-order valence-electron chi connectivity index (χ3n) is 3.97. The molecule has 1 aromatic carbocycles. The van der Waals surface area contributed by atoms with Crippen LogP contribution in [0.2, 0.25) is 0 Å². The van der Waals surface area contributed by atoms with Crippen LogP contribution in [0.15, 0.2) is 24.3 Å². The Balaban J connectivity index is 2.10. The first-order valence-corrected chi connectivity index (χ1v) is 6.93. The molecule has 1 fully saturated rings. The Morgan fingerprint density at radius 2 is 2.05 bits per heavy atom. The molecule has 1 aromatic rings. The van der Waals surface area contributed by atoms with Crippen LogP contribution in [-0.2, 0) is 4.79 Å². The van der Waals surface area contributed by atoms with Crippen molar-refractivity contribution < 1.29 is 19.1 Å². The Hall–Kier alpha value is -2.11. The van der Waals surface area contributed by atoms with E-state index in [1.54, 1.807) is 23.1 Å². The molecule has 1 N–H and O–H groups in total. The quantitative estimate of drug-likeness (QED) is 0.912. The number of para-hydroxylation sites is 1. The van der Waals surface area contributed by atoms with E-state index in [9.17, 15) is 14.0 Å². The number of piperidine rings is 1. The molecule has 0 aliphatic carbocycles. The molecule has 1 aliphatic rings. The largest absolute Gasteiger partial charge is 0.481 e. The minimum Gasteiger partial charge on any atom is -0.481 e. The zero-order valence-corrected chi connectivity index (χ0v) is 12.1. The molecule has 6 heteroatoms. The van der Waals surface area contributed by atoms with E-state index in [0.717, 1.165) is 0 Å². The first-order chi connectivity index (χ1) is 9.91. The van der Waals surface area contributed by atoms with Crippen LogP contribution in [0, 0.1) is 11.7 Å². The third-order valence-corrected chi connectivity index (χ3v) is 3.97. The Labute approximate surface area is 123 Å². The highest BCUT2D eigenvalue weighted by Crippen LogP contribution is 2.26. The number of urea groups is 1. The number of halogens is 1. The second-order valence-corrected chi connectivity index (χ2v) is 5.39.